The average molecular weight is 420 g/mol. The van der Waals surface area contributed by atoms with Gasteiger partial charge >= 0.3 is 0 Å². The van der Waals surface area contributed by atoms with Crippen molar-refractivity contribution in [3.05, 3.63) is 39.7 Å². The summed E-state index contributed by atoms with van der Waals surface area (Å²) in [5.74, 6) is 1.67. The van der Waals surface area contributed by atoms with E-state index in [9.17, 15) is 0 Å². The van der Waals surface area contributed by atoms with Crippen LogP contribution in [0.4, 0.5) is 0 Å². The highest BCUT2D eigenvalue weighted by atomic mass is 127. The quantitative estimate of drug-likeness (QED) is 0.444. The number of thiazole rings is 1. The summed E-state index contributed by atoms with van der Waals surface area (Å²) in [4.78, 5) is 9.95. The third-order valence-electron chi connectivity index (χ3n) is 2.88. The van der Waals surface area contributed by atoms with Crippen molar-refractivity contribution in [1.29, 1.82) is 0 Å². The van der Waals surface area contributed by atoms with Gasteiger partial charge in [0.25, 0.3) is 0 Å². The molecule has 0 amide bonds. The first kappa shape index (κ1) is 18.0. The molecule has 2 rings (SSSR count). The van der Waals surface area contributed by atoms with Crippen LogP contribution in [0.1, 0.15) is 21.3 Å². The third kappa shape index (κ3) is 5.66. The van der Waals surface area contributed by atoms with E-state index in [-0.39, 0.29) is 24.0 Å². The fourth-order valence-electron chi connectivity index (χ4n) is 1.90. The van der Waals surface area contributed by atoms with E-state index < -0.39 is 0 Å². The van der Waals surface area contributed by atoms with Gasteiger partial charge in [0.05, 0.1) is 23.5 Å². The zero-order chi connectivity index (χ0) is 14.4. The molecule has 2 aromatic heterocycles. The number of aryl methyl sites for hydroxylation is 2. The van der Waals surface area contributed by atoms with E-state index in [1.54, 1.807) is 24.6 Å². The molecule has 0 aliphatic heterocycles. The maximum Gasteiger partial charge on any atom is 0.191 e. The summed E-state index contributed by atoms with van der Waals surface area (Å²) in [5, 5.41) is 7.63. The average Bonchev–Trinajstić information content (AvgIpc) is 3.04. The van der Waals surface area contributed by atoms with Crippen LogP contribution in [0.15, 0.2) is 27.8 Å². The van der Waals surface area contributed by atoms with Gasteiger partial charge in [-0.05, 0) is 26.0 Å². The van der Waals surface area contributed by atoms with Crippen LogP contribution in [0.5, 0.6) is 0 Å². The minimum absolute atomic E-state index is 0. The molecule has 21 heavy (non-hydrogen) atoms. The highest BCUT2D eigenvalue weighted by Gasteiger charge is 2.05. The van der Waals surface area contributed by atoms with Crippen LogP contribution in [0.2, 0.25) is 0 Å². The number of hydrogen-bond acceptors (Lipinski definition) is 4. The lowest BCUT2D eigenvalue weighted by Crippen LogP contribution is -2.37. The molecule has 0 saturated heterocycles. The number of aliphatic imine (C=N–C) groups is 1. The smallest absolute Gasteiger partial charge is 0.191 e. The molecule has 0 spiro atoms. The number of rotatable bonds is 5. The topological polar surface area (TPSA) is 62.5 Å². The number of hydrogen-bond donors (Lipinski definition) is 2. The summed E-state index contributed by atoms with van der Waals surface area (Å²) in [5.41, 5.74) is 1.13. The van der Waals surface area contributed by atoms with Crippen molar-refractivity contribution < 1.29 is 4.42 Å². The Balaban J connectivity index is 0.00000220. The van der Waals surface area contributed by atoms with E-state index in [0.29, 0.717) is 6.54 Å². The van der Waals surface area contributed by atoms with Gasteiger partial charge in [0.2, 0.25) is 0 Å². The fraction of sp³-hybridized carbons (Fsp3) is 0.429. The second kappa shape index (κ2) is 9.04. The molecule has 0 radical (unpaired) electrons. The van der Waals surface area contributed by atoms with Gasteiger partial charge in [-0.25, -0.2) is 4.98 Å². The summed E-state index contributed by atoms with van der Waals surface area (Å²) in [7, 11) is 1.76. The van der Waals surface area contributed by atoms with Crippen LogP contribution >= 0.6 is 35.3 Å². The van der Waals surface area contributed by atoms with E-state index in [2.05, 4.69) is 27.5 Å². The zero-order valence-corrected chi connectivity index (χ0v) is 15.6. The summed E-state index contributed by atoms with van der Waals surface area (Å²) >= 11 is 1.76. The summed E-state index contributed by atoms with van der Waals surface area (Å²) in [6.45, 7) is 5.56. The van der Waals surface area contributed by atoms with Crippen molar-refractivity contribution in [1.82, 2.24) is 15.6 Å². The number of guanidine groups is 1. The lowest BCUT2D eigenvalue weighted by molar-refractivity contribution is 0.501. The molecular weight excluding hydrogens is 399 g/mol. The monoisotopic (exact) mass is 420 g/mol. The lowest BCUT2D eigenvalue weighted by atomic mass is 10.3. The first-order valence-electron chi connectivity index (χ1n) is 6.59. The number of nitrogens with one attached hydrogen (secondary N) is 2. The minimum atomic E-state index is 0. The Labute approximate surface area is 146 Å². The summed E-state index contributed by atoms with van der Waals surface area (Å²) in [6, 6.07) is 3.81. The Bertz CT molecular complexity index is 566. The zero-order valence-electron chi connectivity index (χ0n) is 12.5. The highest BCUT2D eigenvalue weighted by molar-refractivity contribution is 14.0. The molecule has 7 heteroatoms. The molecule has 0 bridgehead atoms. The molecular formula is C14H21IN4OS. The van der Waals surface area contributed by atoms with Crippen LogP contribution in [0, 0.1) is 13.8 Å². The number of aromatic nitrogens is 1. The van der Waals surface area contributed by atoms with Crippen LogP contribution in [-0.4, -0.2) is 24.5 Å². The first-order chi connectivity index (χ1) is 9.69. The molecule has 2 aromatic rings. The van der Waals surface area contributed by atoms with Crippen LogP contribution < -0.4 is 10.6 Å². The molecule has 0 aromatic carbocycles. The van der Waals surface area contributed by atoms with Gasteiger partial charge in [0.1, 0.15) is 5.76 Å². The van der Waals surface area contributed by atoms with Crippen molar-refractivity contribution in [2.75, 3.05) is 13.6 Å². The number of furan rings is 1. The predicted molar refractivity (Wildman–Crippen MR) is 97.6 cm³/mol. The molecule has 0 aliphatic rings. The Hall–Kier alpha value is -1.09. The van der Waals surface area contributed by atoms with Crippen molar-refractivity contribution in [2.24, 2.45) is 4.99 Å². The number of nitrogens with zero attached hydrogens (tertiary/aromatic N) is 2. The molecule has 0 saturated carbocycles. The molecule has 116 valence electrons. The Morgan fingerprint density at radius 3 is 2.76 bits per heavy atom. The van der Waals surface area contributed by atoms with Gasteiger partial charge in [-0.15, -0.1) is 35.3 Å². The van der Waals surface area contributed by atoms with Gasteiger partial charge in [-0.2, -0.15) is 0 Å². The molecule has 2 heterocycles. The summed E-state index contributed by atoms with van der Waals surface area (Å²) < 4.78 is 5.27. The Kier molecular flexibility index (Phi) is 7.73. The van der Waals surface area contributed by atoms with E-state index in [1.165, 1.54) is 4.88 Å². The predicted octanol–water partition coefficient (Wildman–Crippen LogP) is 2.88. The molecule has 0 atom stereocenters. The van der Waals surface area contributed by atoms with E-state index in [1.807, 2.05) is 19.1 Å². The molecule has 5 nitrogen and oxygen atoms in total. The molecule has 0 aliphatic carbocycles. The Morgan fingerprint density at radius 2 is 2.19 bits per heavy atom. The second-order valence-electron chi connectivity index (χ2n) is 4.42. The number of halogens is 1. The Morgan fingerprint density at radius 1 is 1.38 bits per heavy atom. The van der Waals surface area contributed by atoms with Crippen LogP contribution in [0.3, 0.4) is 0 Å². The van der Waals surface area contributed by atoms with E-state index >= 15 is 0 Å². The van der Waals surface area contributed by atoms with Crippen molar-refractivity contribution in [2.45, 2.75) is 26.8 Å². The van der Waals surface area contributed by atoms with Crippen molar-refractivity contribution in [3.8, 4) is 0 Å². The maximum atomic E-state index is 5.27. The molecule has 0 fully saturated rings. The van der Waals surface area contributed by atoms with E-state index in [4.69, 9.17) is 4.42 Å². The van der Waals surface area contributed by atoms with Gasteiger partial charge in [-0.3, -0.25) is 4.99 Å². The van der Waals surface area contributed by atoms with Gasteiger partial charge < -0.3 is 15.1 Å². The molecule has 0 unspecified atom stereocenters. The highest BCUT2D eigenvalue weighted by Crippen LogP contribution is 2.16. The first-order valence-corrected chi connectivity index (χ1v) is 7.40. The minimum Gasteiger partial charge on any atom is -0.467 e. The molecule has 2 N–H and O–H groups in total. The fourth-order valence-corrected chi connectivity index (χ4v) is 2.84. The second-order valence-corrected chi connectivity index (χ2v) is 5.71. The van der Waals surface area contributed by atoms with Gasteiger partial charge in [0, 0.05) is 24.9 Å². The SMILES string of the molecule is CN=C(NCCc1sc(C)nc1C)NCc1ccco1.I. The van der Waals surface area contributed by atoms with E-state index in [0.717, 1.165) is 35.4 Å². The third-order valence-corrected chi connectivity index (χ3v) is 4.01. The van der Waals surface area contributed by atoms with Crippen molar-refractivity contribution in [3.63, 3.8) is 0 Å². The van der Waals surface area contributed by atoms with Gasteiger partial charge in [0.15, 0.2) is 5.96 Å². The van der Waals surface area contributed by atoms with Crippen molar-refractivity contribution >= 4 is 41.3 Å². The summed E-state index contributed by atoms with van der Waals surface area (Å²) in [6.07, 6.45) is 2.63. The standard InChI is InChI=1S/C14H20N4OS.HI/c1-10-13(20-11(2)18-10)6-7-16-14(15-3)17-9-12-5-4-8-19-12;/h4-5,8H,6-7,9H2,1-3H3,(H2,15,16,17);1H. The normalized spacial score (nSPS) is 11.1. The van der Waals surface area contributed by atoms with Gasteiger partial charge in [-0.1, -0.05) is 0 Å². The van der Waals surface area contributed by atoms with Crippen LogP contribution in [-0.2, 0) is 13.0 Å². The maximum absolute atomic E-state index is 5.27. The largest absolute Gasteiger partial charge is 0.467 e. The van der Waals surface area contributed by atoms with Crippen LogP contribution in [0.25, 0.3) is 0 Å². The lowest BCUT2D eigenvalue weighted by Gasteiger charge is -2.10.